The summed E-state index contributed by atoms with van der Waals surface area (Å²) in [6.07, 6.45) is 0. The van der Waals surface area contributed by atoms with Crippen LogP contribution >= 0.6 is 27.7 Å². The van der Waals surface area contributed by atoms with E-state index in [0.717, 1.165) is 26.3 Å². The van der Waals surface area contributed by atoms with Crippen LogP contribution in [0.4, 0.5) is 11.4 Å². The molecule has 1 atom stereocenters. The number of aromatic nitrogens is 2. The molecular weight excluding hydrogens is 480 g/mol. The molecule has 0 saturated carbocycles. The van der Waals surface area contributed by atoms with E-state index in [4.69, 9.17) is 0 Å². The largest absolute Gasteiger partial charge is 0.326 e. The average Bonchev–Trinajstić information content (AvgIpc) is 2.96. The number of nitrogens with one attached hydrogen (secondary N) is 1. The van der Waals surface area contributed by atoms with E-state index >= 15 is 0 Å². The lowest BCUT2D eigenvalue weighted by Gasteiger charge is -2.14. The molecule has 1 N–H and O–H groups in total. The zero-order valence-electron chi connectivity index (χ0n) is 17.7. The molecule has 0 fully saturated rings. The number of amides is 1. The Kier molecular flexibility index (Phi) is 7.17. The highest BCUT2D eigenvalue weighted by Crippen LogP contribution is 2.33. The first kappa shape index (κ1) is 23.0. The van der Waals surface area contributed by atoms with Gasteiger partial charge in [0.05, 0.1) is 27.6 Å². The third kappa shape index (κ3) is 5.74. The normalized spacial score (nSPS) is 11.9. The summed E-state index contributed by atoms with van der Waals surface area (Å²) < 4.78 is 2.71. The highest BCUT2D eigenvalue weighted by Gasteiger charge is 2.19. The minimum atomic E-state index is -0.453. The van der Waals surface area contributed by atoms with Crippen molar-refractivity contribution in [1.29, 1.82) is 0 Å². The van der Waals surface area contributed by atoms with Gasteiger partial charge in [-0.15, -0.1) is 0 Å². The van der Waals surface area contributed by atoms with Gasteiger partial charge in [-0.2, -0.15) is 5.10 Å². The molecular formula is C22H23BrN4O3S. The highest BCUT2D eigenvalue weighted by molar-refractivity contribution is 9.10. The monoisotopic (exact) mass is 502 g/mol. The lowest BCUT2D eigenvalue weighted by Crippen LogP contribution is -2.25. The van der Waals surface area contributed by atoms with Gasteiger partial charge in [-0.25, -0.2) is 0 Å². The number of nitro groups is 1. The summed E-state index contributed by atoms with van der Waals surface area (Å²) in [6.45, 7) is 8.04. The van der Waals surface area contributed by atoms with Gasteiger partial charge in [0.2, 0.25) is 5.91 Å². The van der Waals surface area contributed by atoms with Gasteiger partial charge in [-0.3, -0.25) is 19.6 Å². The van der Waals surface area contributed by atoms with Crippen molar-refractivity contribution in [3.8, 4) is 0 Å². The maximum Gasteiger partial charge on any atom is 0.272 e. The number of nitro benzene ring substituents is 1. The van der Waals surface area contributed by atoms with Crippen LogP contribution in [0.15, 0.2) is 56.7 Å². The molecule has 9 heteroatoms. The molecule has 0 spiro atoms. The number of halogens is 1. The molecule has 1 unspecified atom stereocenters. The summed E-state index contributed by atoms with van der Waals surface area (Å²) in [6, 6.07) is 12.5. The van der Waals surface area contributed by atoms with Gasteiger partial charge >= 0.3 is 0 Å². The molecule has 162 valence electrons. The van der Waals surface area contributed by atoms with Crippen molar-refractivity contribution in [2.45, 2.75) is 44.0 Å². The first-order chi connectivity index (χ1) is 14.6. The predicted molar refractivity (Wildman–Crippen MR) is 126 cm³/mol. The van der Waals surface area contributed by atoms with E-state index in [9.17, 15) is 14.9 Å². The molecule has 0 aliphatic heterocycles. The summed E-state index contributed by atoms with van der Waals surface area (Å²) in [5.41, 5.74) is 3.28. The highest BCUT2D eigenvalue weighted by atomic mass is 79.9. The molecule has 0 bridgehead atoms. The number of aryl methyl sites for hydroxylation is 2. The minimum Gasteiger partial charge on any atom is -0.326 e. The number of carbonyl (C=O) groups excluding carboxylic acids is 1. The molecule has 0 aliphatic rings. The first-order valence-corrected chi connectivity index (χ1v) is 11.3. The Morgan fingerprint density at radius 3 is 2.45 bits per heavy atom. The van der Waals surface area contributed by atoms with Crippen LogP contribution in [0.5, 0.6) is 0 Å². The van der Waals surface area contributed by atoms with Crippen molar-refractivity contribution >= 4 is 45.0 Å². The van der Waals surface area contributed by atoms with Gasteiger partial charge in [-0.05, 0) is 54.9 Å². The topological polar surface area (TPSA) is 90.1 Å². The Balaban J connectivity index is 1.78. The van der Waals surface area contributed by atoms with Crippen molar-refractivity contribution in [1.82, 2.24) is 9.78 Å². The van der Waals surface area contributed by atoms with Crippen LogP contribution in [-0.4, -0.2) is 20.6 Å². The van der Waals surface area contributed by atoms with Crippen molar-refractivity contribution in [3.63, 3.8) is 0 Å². The second-order valence-corrected chi connectivity index (χ2v) is 9.38. The molecule has 7 nitrogen and oxygen atoms in total. The number of rotatable bonds is 7. The Labute approximate surface area is 193 Å². The van der Waals surface area contributed by atoms with Crippen LogP contribution in [0.2, 0.25) is 0 Å². The molecule has 31 heavy (non-hydrogen) atoms. The van der Waals surface area contributed by atoms with E-state index in [1.807, 2.05) is 45.0 Å². The summed E-state index contributed by atoms with van der Waals surface area (Å²) in [5.74, 6) is -0.604. The van der Waals surface area contributed by atoms with Crippen LogP contribution in [-0.2, 0) is 11.3 Å². The Bertz CT molecular complexity index is 1130. The number of nitrogens with zero attached hydrogens (tertiary/aromatic N) is 3. The average molecular weight is 503 g/mol. The van der Waals surface area contributed by atoms with Crippen molar-refractivity contribution in [2.75, 3.05) is 5.32 Å². The SMILES string of the molecule is Cc1ccc(Sc2cc(NC(=O)C(C)Cn3nc(C)c(Br)c3C)cc([N+](=O)[O-])c2)cc1. The van der Waals surface area contributed by atoms with E-state index in [-0.39, 0.29) is 17.5 Å². The van der Waals surface area contributed by atoms with Crippen LogP contribution in [0, 0.1) is 36.8 Å². The van der Waals surface area contributed by atoms with Gasteiger partial charge in [-0.1, -0.05) is 36.4 Å². The summed E-state index contributed by atoms with van der Waals surface area (Å²) in [7, 11) is 0. The molecule has 0 saturated heterocycles. The molecule has 0 radical (unpaired) electrons. The quantitative estimate of drug-likeness (QED) is 0.320. The first-order valence-electron chi connectivity index (χ1n) is 9.68. The summed E-state index contributed by atoms with van der Waals surface area (Å²) >= 11 is 4.90. The van der Waals surface area contributed by atoms with Gasteiger partial charge < -0.3 is 5.32 Å². The second-order valence-electron chi connectivity index (χ2n) is 7.45. The van der Waals surface area contributed by atoms with Crippen molar-refractivity contribution in [3.05, 3.63) is 74.0 Å². The van der Waals surface area contributed by atoms with Gasteiger partial charge in [0.1, 0.15) is 0 Å². The second kappa shape index (κ2) is 9.65. The predicted octanol–water partition coefficient (Wildman–Crippen LogP) is 5.91. The molecule has 3 aromatic rings. The Morgan fingerprint density at radius 1 is 1.19 bits per heavy atom. The lowest BCUT2D eigenvalue weighted by molar-refractivity contribution is -0.385. The number of anilines is 1. The number of benzene rings is 2. The minimum absolute atomic E-state index is 0.0671. The standard InChI is InChI=1S/C22H23BrN4O3S/c1-13-5-7-19(8-6-13)31-20-10-17(9-18(11-20)27(29)30)24-22(28)14(2)12-26-16(4)21(23)15(3)25-26/h5-11,14H,12H2,1-4H3,(H,24,28). The molecule has 1 aromatic heterocycles. The third-order valence-electron chi connectivity index (χ3n) is 4.81. The number of carbonyl (C=O) groups is 1. The van der Waals surface area contributed by atoms with Crippen molar-refractivity contribution in [2.24, 2.45) is 5.92 Å². The Hall–Kier alpha value is -2.65. The zero-order valence-corrected chi connectivity index (χ0v) is 20.1. The van der Waals surface area contributed by atoms with Gasteiger partial charge in [0.25, 0.3) is 5.69 Å². The zero-order chi connectivity index (χ0) is 22.7. The van der Waals surface area contributed by atoms with Gasteiger partial charge in [0, 0.05) is 33.3 Å². The van der Waals surface area contributed by atoms with E-state index in [0.29, 0.717) is 17.1 Å². The van der Waals surface area contributed by atoms with E-state index in [1.54, 1.807) is 17.7 Å². The van der Waals surface area contributed by atoms with Crippen LogP contribution in [0.1, 0.15) is 23.9 Å². The van der Waals surface area contributed by atoms with Crippen molar-refractivity contribution < 1.29 is 9.72 Å². The van der Waals surface area contributed by atoms with Crippen LogP contribution in [0.3, 0.4) is 0 Å². The maximum atomic E-state index is 12.8. The van der Waals surface area contributed by atoms with E-state index < -0.39 is 4.92 Å². The van der Waals surface area contributed by atoms with Crippen LogP contribution < -0.4 is 5.32 Å². The fourth-order valence-electron chi connectivity index (χ4n) is 3.02. The van der Waals surface area contributed by atoms with E-state index in [2.05, 4.69) is 26.3 Å². The summed E-state index contributed by atoms with van der Waals surface area (Å²) in [5, 5.41) is 18.7. The fourth-order valence-corrected chi connectivity index (χ4v) is 4.22. The number of hydrogen-bond acceptors (Lipinski definition) is 5. The molecule has 1 amide bonds. The number of non-ortho nitro benzene ring substituents is 1. The maximum absolute atomic E-state index is 12.8. The molecule has 3 rings (SSSR count). The lowest BCUT2D eigenvalue weighted by atomic mass is 10.1. The molecule has 0 aliphatic carbocycles. The van der Waals surface area contributed by atoms with Gasteiger partial charge in [0.15, 0.2) is 0 Å². The summed E-state index contributed by atoms with van der Waals surface area (Å²) in [4.78, 5) is 25.4. The smallest absolute Gasteiger partial charge is 0.272 e. The number of hydrogen-bond donors (Lipinski definition) is 1. The Morgan fingerprint density at radius 2 is 1.87 bits per heavy atom. The van der Waals surface area contributed by atoms with Crippen LogP contribution in [0.25, 0.3) is 0 Å². The fraction of sp³-hybridized carbons (Fsp3) is 0.273. The van der Waals surface area contributed by atoms with E-state index in [1.165, 1.54) is 23.9 Å². The third-order valence-corrected chi connectivity index (χ3v) is 6.94. The molecule has 1 heterocycles. The molecule has 2 aromatic carbocycles.